The third-order valence-electron chi connectivity index (χ3n) is 2.66. The second kappa shape index (κ2) is 8.53. The maximum atomic E-state index is 11.9. The molecule has 0 aliphatic heterocycles. The summed E-state index contributed by atoms with van der Waals surface area (Å²) in [5.41, 5.74) is -0.102. The minimum atomic E-state index is -1.05. The van der Waals surface area contributed by atoms with E-state index in [9.17, 15) is 9.59 Å². The Balaban J connectivity index is 4.31. The van der Waals surface area contributed by atoms with Crippen molar-refractivity contribution < 1.29 is 19.4 Å². The Bertz CT molecular complexity index is 316. The summed E-state index contributed by atoms with van der Waals surface area (Å²) in [7, 11) is 1.63. The summed E-state index contributed by atoms with van der Waals surface area (Å²) in [4.78, 5) is 23.7. The molecule has 0 aliphatic rings. The SMILES string of the molecule is C=CCN(CC(=O)O)C(=O)NCC(C)(C)CCOC. The lowest BCUT2D eigenvalue weighted by molar-refractivity contribution is -0.137. The number of carboxylic acid groups (broad SMARTS) is 1. The summed E-state index contributed by atoms with van der Waals surface area (Å²) in [6.07, 6.45) is 2.31. The van der Waals surface area contributed by atoms with Crippen LogP contribution in [0.1, 0.15) is 20.3 Å². The van der Waals surface area contributed by atoms with Gasteiger partial charge in [-0.25, -0.2) is 4.79 Å². The molecule has 0 atom stereocenters. The molecule has 0 bridgehead atoms. The first-order valence-corrected chi connectivity index (χ1v) is 6.17. The molecule has 0 radical (unpaired) electrons. The van der Waals surface area contributed by atoms with Gasteiger partial charge in [0.15, 0.2) is 0 Å². The molecule has 0 unspecified atom stereocenters. The number of hydrogen-bond acceptors (Lipinski definition) is 3. The van der Waals surface area contributed by atoms with Crippen molar-refractivity contribution in [2.24, 2.45) is 5.41 Å². The molecule has 0 aromatic carbocycles. The smallest absolute Gasteiger partial charge is 0.323 e. The van der Waals surface area contributed by atoms with Gasteiger partial charge in [0.2, 0.25) is 0 Å². The molecule has 2 amide bonds. The zero-order chi connectivity index (χ0) is 14.9. The van der Waals surface area contributed by atoms with E-state index in [-0.39, 0.29) is 18.5 Å². The maximum absolute atomic E-state index is 11.9. The molecule has 19 heavy (non-hydrogen) atoms. The van der Waals surface area contributed by atoms with Gasteiger partial charge in [0.25, 0.3) is 0 Å². The minimum Gasteiger partial charge on any atom is -0.480 e. The van der Waals surface area contributed by atoms with Crippen molar-refractivity contribution in [2.75, 3.05) is 33.4 Å². The molecule has 6 nitrogen and oxygen atoms in total. The van der Waals surface area contributed by atoms with Crippen LogP contribution in [0.25, 0.3) is 0 Å². The van der Waals surface area contributed by atoms with Crippen molar-refractivity contribution in [3.63, 3.8) is 0 Å². The third kappa shape index (κ3) is 8.20. The average molecular weight is 272 g/mol. The summed E-state index contributed by atoms with van der Waals surface area (Å²) in [5.74, 6) is -1.05. The topological polar surface area (TPSA) is 78.9 Å². The molecular formula is C13H24N2O4. The number of hydrogen-bond donors (Lipinski definition) is 2. The zero-order valence-electron chi connectivity index (χ0n) is 11.9. The van der Waals surface area contributed by atoms with Crippen molar-refractivity contribution >= 4 is 12.0 Å². The Morgan fingerprint density at radius 3 is 2.58 bits per heavy atom. The molecule has 0 heterocycles. The summed E-state index contributed by atoms with van der Waals surface area (Å²) >= 11 is 0. The number of methoxy groups -OCH3 is 1. The van der Waals surface area contributed by atoms with Crippen LogP contribution in [0, 0.1) is 5.41 Å². The number of urea groups is 1. The standard InChI is InChI=1S/C13H24N2O4/c1-5-7-15(9-11(16)17)12(18)14-10-13(2,3)6-8-19-4/h5H,1,6-10H2,2-4H3,(H,14,18)(H,16,17). The number of amides is 2. The highest BCUT2D eigenvalue weighted by Crippen LogP contribution is 2.18. The van der Waals surface area contributed by atoms with Crippen molar-refractivity contribution in [2.45, 2.75) is 20.3 Å². The van der Waals surface area contributed by atoms with Gasteiger partial charge in [-0.05, 0) is 11.8 Å². The number of ether oxygens (including phenoxy) is 1. The highest BCUT2D eigenvalue weighted by Gasteiger charge is 2.21. The number of aliphatic carboxylic acids is 1. The Labute approximate surface area is 114 Å². The van der Waals surface area contributed by atoms with Crippen molar-refractivity contribution in [3.05, 3.63) is 12.7 Å². The average Bonchev–Trinajstić information content (AvgIpc) is 2.32. The quantitative estimate of drug-likeness (QED) is 0.621. The maximum Gasteiger partial charge on any atom is 0.323 e. The van der Waals surface area contributed by atoms with E-state index in [2.05, 4.69) is 11.9 Å². The van der Waals surface area contributed by atoms with Gasteiger partial charge in [0.1, 0.15) is 6.54 Å². The third-order valence-corrected chi connectivity index (χ3v) is 2.66. The van der Waals surface area contributed by atoms with Crippen LogP contribution in [0.2, 0.25) is 0 Å². The second-order valence-electron chi connectivity index (χ2n) is 5.13. The first-order chi connectivity index (χ1) is 8.82. The van der Waals surface area contributed by atoms with Gasteiger partial charge >= 0.3 is 12.0 Å². The summed E-state index contributed by atoms with van der Waals surface area (Å²) in [5, 5.41) is 11.5. The fraction of sp³-hybridized carbons (Fsp3) is 0.692. The van der Waals surface area contributed by atoms with Crippen molar-refractivity contribution in [3.8, 4) is 0 Å². The lowest BCUT2D eigenvalue weighted by Gasteiger charge is -2.27. The largest absolute Gasteiger partial charge is 0.480 e. The van der Waals surface area contributed by atoms with Gasteiger partial charge in [0.05, 0.1) is 0 Å². The number of carbonyl (C=O) groups is 2. The van der Waals surface area contributed by atoms with Gasteiger partial charge in [-0.3, -0.25) is 4.79 Å². The molecule has 0 spiro atoms. The van der Waals surface area contributed by atoms with E-state index in [1.807, 2.05) is 13.8 Å². The van der Waals surface area contributed by atoms with E-state index in [1.54, 1.807) is 7.11 Å². The molecule has 6 heteroatoms. The first-order valence-electron chi connectivity index (χ1n) is 6.17. The molecule has 110 valence electrons. The van der Waals surface area contributed by atoms with Crippen LogP contribution in [0.3, 0.4) is 0 Å². The molecule has 0 aromatic rings. The van der Waals surface area contributed by atoms with Crippen molar-refractivity contribution in [1.82, 2.24) is 10.2 Å². The number of rotatable bonds is 9. The fourth-order valence-corrected chi connectivity index (χ4v) is 1.43. The molecule has 0 aliphatic carbocycles. The van der Waals surface area contributed by atoms with Crippen LogP contribution in [0.4, 0.5) is 4.79 Å². The molecule has 0 aromatic heterocycles. The normalized spacial score (nSPS) is 10.9. The molecule has 0 saturated heterocycles. The van der Waals surface area contributed by atoms with E-state index in [0.29, 0.717) is 13.2 Å². The Morgan fingerprint density at radius 2 is 2.11 bits per heavy atom. The van der Waals surface area contributed by atoms with Gasteiger partial charge in [-0.1, -0.05) is 19.9 Å². The Kier molecular flexibility index (Phi) is 7.83. The molecule has 0 fully saturated rings. The Hall–Kier alpha value is -1.56. The van der Waals surface area contributed by atoms with Crippen molar-refractivity contribution in [1.29, 1.82) is 0 Å². The molecule has 0 rings (SSSR count). The number of nitrogens with one attached hydrogen (secondary N) is 1. The van der Waals surface area contributed by atoms with E-state index in [4.69, 9.17) is 9.84 Å². The first kappa shape index (κ1) is 17.4. The molecule has 2 N–H and O–H groups in total. The van der Waals surface area contributed by atoms with Crippen LogP contribution < -0.4 is 5.32 Å². The van der Waals surface area contributed by atoms with E-state index >= 15 is 0 Å². The van der Waals surface area contributed by atoms with Gasteiger partial charge in [-0.2, -0.15) is 0 Å². The highest BCUT2D eigenvalue weighted by atomic mass is 16.5. The van der Waals surface area contributed by atoms with Gasteiger partial charge in [0, 0.05) is 26.8 Å². The van der Waals surface area contributed by atoms with E-state index in [1.165, 1.54) is 11.0 Å². The monoisotopic (exact) mass is 272 g/mol. The van der Waals surface area contributed by atoms with E-state index < -0.39 is 12.0 Å². The molecular weight excluding hydrogens is 248 g/mol. The summed E-state index contributed by atoms with van der Waals surface area (Å²) in [6.45, 7) is 8.49. The zero-order valence-corrected chi connectivity index (χ0v) is 11.9. The number of nitrogens with zero attached hydrogens (tertiary/aromatic N) is 1. The van der Waals surface area contributed by atoms with Crippen LogP contribution >= 0.6 is 0 Å². The van der Waals surface area contributed by atoms with Crippen LogP contribution in [-0.2, 0) is 9.53 Å². The fourth-order valence-electron chi connectivity index (χ4n) is 1.43. The number of carbonyl (C=O) groups excluding carboxylic acids is 1. The van der Waals surface area contributed by atoms with Gasteiger partial charge in [-0.15, -0.1) is 6.58 Å². The minimum absolute atomic E-state index is 0.102. The van der Waals surface area contributed by atoms with Crippen LogP contribution in [-0.4, -0.2) is 55.4 Å². The van der Waals surface area contributed by atoms with Crippen LogP contribution in [0.5, 0.6) is 0 Å². The lowest BCUT2D eigenvalue weighted by Crippen LogP contribution is -2.45. The second-order valence-corrected chi connectivity index (χ2v) is 5.13. The highest BCUT2D eigenvalue weighted by molar-refractivity contribution is 5.80. The lowest BCUT2D eigenvalue weighted by atomic mass is 9.90. The summed E-state index contributed by atoms with van der Waals surface area (Å²) in [6, 6.07) is -0.396. The predicted octanol–water partition coefficient (Wildman–Crippen LogP) is 1.33. The number of carboxylic acids is 1. The molecule has 0 saturated carbocycles. The van der Waals surface area contributed by atoms with Gasteiger partial charge < -0.3 is 20.1 Å². The van der Waals surface area contributed by atoms with Crippen LogP contribution in [0.15, 0.2) is 12.7 Å². The predicted molar refractivity (Wildman–Crippen MR) is 73.1 cm³/mol. The van der Waals surface area contributed by atoms with E-state index in [0.717, 1.165) is 6.42 Å². The Morgan fingerprint density at radius 1 is 1.47 bits per heavy atom. The summed E-state index contributed by atoms with van der Waals surface area (Å²) < 4.78 is 5.01.